The molecular weight excluding hydrogens is 330 g/mol. The molecule has 0 amide bonds. The molecule has 0 aliphatic carbocycles. The highest BCUT2D eigenvalue weighted by atomic mass is 79.9. The van der Waals surface area contributed by atoms with Gasteiger partial charge >= 0.3 is 0 Å². The number of likely N-dealkylation sites (N-methyl/N-ethyl adjacent to an activating group) is 1. The Morgan fingerprint density at radius 3 is 2.79 bits per heavy atom. The van der Waals surface area contributed by atoms with E-state index < -0.39 is 0 Å². The van der Waals surface area contributed by atoms with Crippen molar-refractivity contribution in [3.8, 4) is 5.75 Å². The third kappa shape index (κ3) is 3.32. The van der Waals surface area contributed by atoms with Crippen molar-refractivity contribution >= 4 is 27.5 Å². The molecule has 5 heteroatoms. The summed E-state index contributed by atoms with van der Waals surface area (Å²) in [4.78, 5) is 0. The zero-order chi connectivity index (χ0) is 13.8. The molecule has 0 aliphatic heterocycles. The van der Waals surface area contributed by atoms with Crippen molar-refractivity contribution in [3.63, 3.8) is 0 Å². The second-order valence-corrected chi connectivity index (χ2v) is 5.35. The third-order valence-electron chi connectivity index (χ3n) is 3.05. The number of methoxy groups -OCH3 is 1. The van der Waals surface area contributed by atoms with Crippen LogP contribution >= 0.6 is 27.5 Å². The molecule has 3 nitrogen and oxygen atoms in total. The zero-order valence-electron chi connectivity index (χ0n) is 10.7. The van der Waals surface area contributed by atoms with E-state index >= 15 is 0 Å². The van der Waals surface area contributed by atoms with Gasteiger partial charge in [-0.1, -0.05) is 15.9 Å². The lowest BCUT2D eigenvalue weighted by Crippen LogP contribution is -2.18. The van der Waals surface area contributed by atoms with Crippen LogP contribution in [0.25, 0.3) is 0 Å². The molecule has 1 N–H and O–H groups in total. The molecule has 1 aromatic heterocycles. The van der Waals surface area contributed by atoms with Crippen molar-refractivity contribution in [1.29, 1.82) is 0 Å². The van der Waals surface area contributed by atoms with Crippen LogP contribution in [0, 0.1) is 0 Å². The van der Waals surface area contributed by atoms with Gasteiger partial charge in [0.2, 0.25) is 0 Å². The topological polar surface area (TPSA) is 34.4 Å². The quantitative estimate of drug-likeness (QED) is 0.882. The Morgan fingerprint density at radius 1 is 1.42 bits per heavy atom. The van der Waals surface area contributed by atoms with Crippen molar-refractivity contribution in [2.24, 2.45) is 0 Å². The molecule has 0 aliphatic rings. The number of rotatable bonds is 5. The van der Waals surface area contributed by atoms with Gasteiger partial charge in [-0.05, 0) is 54.9 Å². The largest absolute Gasteiger partial charge is 0.497 e. The van der Waals surface area contributed by atoms with Gasteiger partial charge in [-0.15, -0.1) is 0 Å². The third-order valence-corrected chi connectivity index (χ3v) is 4.13. The Labute approximate surface area is 126 Å². The van der Waals surface area contributed by atoms with Crippen molar-refractivity contribution in [2.45, 2.75) is 12.5 Å². The van der Waals surface area contributed by atoms with Gasteiger partial charge in [-0.25, -0.2) is 0 Å². The Bertz CT molecular complexity index is 556. The summed E-state index contributed by atoms with van der Waals surface area (Å²) in [6.45, 7) is 0. The summed E-state index contributed by atoms with van der Waals surface area (Å²) in [5, 5.41) is 3.68. The summed E-state index contributed by atoms with van der Waals surface area (Å²) >= 11 is 9.59. The van der Waals surface area contributed by atoms with Crippen LogP contribution in [-0.2, 0) is 6.42 Å². The van der Waals surface area contributed by atoms with Crippen LogP contribution in [0.2, 0.25) is 5.22 Å². The minimum absolute atomic E-state index is 0.0923. The number of hydrogen-bond acceptors (Lipinski definition) is 3. The number of furan rings is 1. The maximum atomic E-state index is 6.03. The fraction of sp³-hybridized carbons (Fsp3) is 0.286. The molecule has 2 rings (SSSR count). The predicted octanol–water partition coefficient (Wildman–Crippen LogP) is 4.21. The molecule has 19 heavy (non-hydrogen) atoms. The average Bonchev–Trinajstić information content (AvgIpc) is 2.84. The van der Waals surface area contributed by atoms with Crippen molar-refractivity contribution in [1.82, 2.24) is 5.32 Å². The van der Waals surface area contributed by atoms with E-state index in [-0.39, 0.29) is 6.04 Å². The summed E-state index contributed by atoms with van der Waals surface area (Å²) < 4.78 is 11.5. The predicted molar refractivity (Wildman–Crippen MR) is 79.9 cm³/mol. The smallest absolute Gasteiger partial charge is 0.197 e. The molecule has 1 atom stereocenters. The maximum Gasteiger partial charge on any atom is 0.197 e. The van der Waals surface area contributed by atoms with Gasteiger partial charge in [0.1, 0.15) is 5.75 Å². The molecule has 0 saturated heterocycles. The van der Waals surface area contributed by atoms with Crippen LogP contribution in [-0.4, -0.2) is 14.2 Å². The molecule has 0 bridgehead atoms. The van der Waals surface area contributed by atoms with E-state index in [2.05, 4.69) is 21.2 Å². The second-order valence-electron chi connectivity index (χ2n) is 4.15. The second kappa shape index (κ2) is 6.46. The molecule has 0 saturated carbocycles. The van der Waals surface area contributed by atoms with E-state index in [0.717, 1.165) is 27.8 Å². The minimum atomic E-state index is 0.0923. The van der Waals surface area contributed by atoms with Gasteiger partial charge in [0.05, 0.1) is 13.4 Å². The number of hydrogen-bond donors (Lipinski definition) is 1. The summed E-state index contributed by atoms with van der Waals surface area (Å²) in [6.07, 6.45) is 2.39. The van der Waals surface area contributed by atoms with E-state index in [1.807, 2.05) is 31.3 Å². The Morgan fingerprint density at radius 2 is 2.21 bits per heavy atom. The molecule has 0 radical (unpaired) electrons. The maximum absolute atomic E-state index is 6.03. The number of benzene rings is 1. The van der Waals surface area contributed by atoms with Crippen molar-refractivity contribution < 1.29 is 9.15 Å². The zero-order valence-corrected chi connectivity index (χ0v) is 13.1. The van der Waals surface area contributed by atoms with E-state index in [4.69, 9.17) is 20.8 Å². The SMILES string of the molecule is CNC(Cc1cc(OC)ccc1Br)c1ccoc1Cl. The van der Waals surface area contributed by atoms with E-state index in [0.29, 0.717) is 5.22 Å². The number of ether oxygens (including phenoxy) is 1. The van der Waals surface area contributed by atoms with Crippen LogP contribution in [0.1, 0.15) is 17.2 Å². The average molecular weight is 345 g/mol. The van der Waals surface area contributed by atoms with Crippen LogP contribution in [0.4, 0.5) is 0 Å². The van der Waals surface area contributed by atoms with Crippen LogP contribution in [0.5, 0.6) is 5.75 Å². The first-order chi connectivity index (χ1) is 9.15. The highest BCUT2D eigenvalue weighted by molar-refractivity contribution is 9.10. The Kier molecular flexibility index (Phi) is 4.91. The molecule has 0 spiro atoms. The lowest BCUT2D eigenvalue weighted by atomic mass is 10.0. The number of halogens is 2. The first kappa shape index (κ1) is 14.4. The highest BCUT2D eigenvalue weighted by Crippen LogP contribution is 2.30. The van der Waals surface area contributed by atoms with Crippen LogP contribution in [0.3, 0.4) is 0 Å². The molecule has 1 heterocycles. The van der Waals surface area contributed by atoms with Gasteiger partial charge < -0.3 is 14.5 Å². The normalized spacial score (nSPS) is 12.4. The molecule has 2 aromatic rings. The Balaban J connectivity index is 2.26. The lowest BCUT2D eigenvalue weighted by molar-refractivity contribution is 0.413. The van der Waals surface area contributed by atoms with Crippen LogP contribution < -0.4 is 10.1 Å². The van der Waals surface area contributed by atoms with Gasteiger partial charge in [0.25, 0.3) is 0 Å². The lowest BCUT2D eigenvalue weighted by Gasteiger charge is -2.16. The molecule has 1 unspecified atom stereocenters. The molecule has 1 aromatic carbocycles. The van der Waals surface area contributed by atoms with Gasteiger partial charge in [0.15, 0.2) is 5.22 Å². The summed E-state index contributed by atoms with van der Waals surface area (Å²) in [5.74, 6) is 0.839. The highest BCUT2D eigenvalue weighted by Gasteiger charge is 2.17. The summed E-state index contributed by atoms with van der Waals surface area (Å²) in [7, 11) is 3.57. The molecule has 102 valence electrons. The summed E-state index contributed by atoms with van der Waals surface area (Å²) in [5.41, 5.74) is 2.11. The van der Waals surface area contributed by atoms with Crippen molar-refractivity contribution in [2.75, 3.05) is 14.2 Å². The monoisotopic (exact) mass is 343 g/mol. The standard InChI is InChI=1S/C14H15BrClNO2/c1-17-13(11-5-6-19-14(11)16)8-9-7-10(18-2)3-4-12(9)15/h3-7,13,17H,8H2,1-2H3. The van der Waals surface area contributed by atoms with Gasteiger partial charge in [-0.2, -0.15) is 0 Å². The first-order valence-corrected chi connectivity index (χ1v) is 7.05. The first-order valence-electron chi connectivity index (χ1n) is 5.88. The number of nitrogens with one attached hydrogen (secondary N) is 1. The fourth-order valence-corrected chi connectivity index (χ4v) is 2.63. The Hall–Kier alpha value is -0.970. The summed E-state index contributed by atoms with van der Waals surface area (Å²) in [6, 6.07) is 7.90. The minimum Gasteiger partial charge on any atom is -0.497 e. The molecular formula is C14H15BrClNO2. The van der Waals surface area contributed by atoms with Crippen molar-refractivity contribution in [3.05, 3.63) is 51.3 Å². The van der Waals surface area contributed by atoms with E-state index in [1.54, 1.807) is 13.4 Å². The fourth-order valence-electron chi connectivity index (χ4n) is 1.98. The van der Waals surface area contributed by atoms with Gasteiger partial charge in [0, 0.05) is 16.1 Å². The van der Waals surface area contributed by atoms with E-state index in [9.17, 15) is 0 Å². The van der Waals surface area contributed by atoms with E-state index in [1.165, 1.54) is 0 Å². The van der Waals surface area contributed by atoms with Gasteiger partial charge in [-0.3, -0.25) is 0 Å². The van der Waals surface area contributed by atoms with Crippen LogP contribution in [0.15, 0.2) is 39.4 Å². The molecule has 0 fully saturated rings.